The molecular formula is C21H23NO5. The largest absolute Gasteiger partial charge is 0.494 e. The molecule has 0 heterocycles. The number of rotatable bonds is 9. The number of benzene rings is 2. The highest BCUT2D eigenvalue weighted by Gasteiger charge is 2.12. The second kappa shape index (κ2) is 10.8. The van der Waals surface area contributed by atoms with Crippen molar-refractivity contribution in [1.29, 1.82) is 0 Å². The van der Waals surface area contributed by atoms with Gasteiger partial charge in [-0.15, -0.1) is 0 Å². The molecule has 0 radical (unpaired) electrons. The Kier molecular flexibility index (Phi) is 8.03. The van der Waals surface area contributed by atoms with Crippen LogP contribution in [0.3, 0.4) is 0 Å². The average Bonchev–Trinajstić information content (AvgIpc) is 2.66. The first-order valence-electron chi connectivity index (χ1n) is 8.81. The molecule has 1 N–H and O–H groups in total. The van der Waals surface area contributed by atoms with E-state index < -0.39 is 24.4 Å². The number of esters is 1. The third kappa shape index (κ3) is 7.32. The number of carbonyl (C=O) groups excluding carboxylic acids is 3. The zero-order chi connectivity index (χ0) is 19.5. The standard InChI is InChI=1S/C21H23NO5/c1-2-26-18-11-7-6-10-17(18)12-13-21(25)27-15-20(24)22-19(23)14-16-8-4-3-5-9-16/h3-11H,2,12-15H2,1H3,(H,22,23,24). The van der Waals surface area contributed by atoms with Gasteiger partial charge in [-0.1, -0.05) is 48.5 Å². The van der Waals surface area contributed by atoms with Crippen molar-refractivity contribution >= 4 is 17.8 Å². The van der Waals surface area contributed by atoms with Crippen molar-refractivity contribution < 1.29 is 23.9 Å². The molecule has 0 aliphatic heterocycles. The van der Waals surface area contributed by atoms with Crippen molar-refractivity contribution in [2.75, 3.05) is 13.2 Å². The molecule has 0 unspecified atom stereocenters. The lowest BCUT2D eigenvalue weighted by atomic mass is 10.1. The van der Waals surface area contributed by atoms with Crippen LogP contribution in [0.1, 0.15) is 24.5 Å². The summed E-state index contributed by atoms with van der Waals surface area (Å²) in [4.78, 5) is 35.4. The van der Waals surface area contributed by atoms with E-state index in [0.29, 0.717) is 13.0 Å². The Morgan fingerprint density at radius 1 is 0.926 bits per heavy atom. The highest BCUT2D eigenvalue weighted by atomic mass is 16.5. The summed E-state index contributed by atoms with van der Waals surface area (Å²) in [6.07, 6.45) is 0.660. The van der Waals surface area contributed by atoms with Crippen molar-refractivity contribution in [2.45, 2.75) is 26.2 Å². The fourth-order valence-corrected chi connectivity index (χ4v) is 2.48. The topological polar surface area (TPSA) is 81.7 Å². The van der Waals surface area contributed by atoms with Gasteiger partial charge in [-0.25, -0.2) is 0 Å². The summed E-state index contributed by atoms with van der Waals surface area (Å²) in [5.41, 5.74) is 1.70. The molecule has 6 nitrogen and oxygen atoms in total. The summed E-state index contributed by atoms with van der Waals surface area (Å²) < 4.78 is 10.4. The minimum atomic E-state index is -0.640. The Morgan fingerprint density at radius 2 is 1.63 bits per heavy atom. The molecule has 2 rings (SSSR count). The second-order valence-electron chi connectivity index (χ2n) is 5.84. The van der Waals surface area contributed by atoms with Gasteiger partial charge >= 0.3 is 5.97 Å². The molecule has 6 heteroatoms. The van der Waals surface area contributed by atoms with Gasteiger partial charge in [0.15, 0.2) is 6.61 Å². The summed E-state index contributed by atoms with van der Waals surface area (Å²) >= 11 is 0. The predicted octanol–water partition coefficient (Wildman–Crippen LogP) is 2.45. The molecule has 2 aromatic carbocycles. The molecule has 0 saturated carbocycles. The van der Waals surface area contributed by atoms with Gasteiger partial charge in [0.1, 0.15) is 5.75 Å². The first kappa shape index (κ1) is 20.2. The minimum absolute atomic E-state index is 0.0920. The van der Waals surface area contributed by atoms with Gasteiger partial charge in [0, 0.05) is 6.42 Å². The molecule has 2 aromatic rings. The molecular weight excluding hydrogens is 346 g/mol. The molecule has 0 bridgehead atoms. The molecule has 0 spiro atoms. The average molecular weight is 369 g/mol. The Hall–Kier alpha value is -3.15. The smallest absolute Gasteiger partial charge is 0.306 e. The summed E-state index contributed by atoms with van der Waals surface area (Å²) in [7, 11) is 0. The molecule has 2 amide bonds. The quantitative estimate of drug-likeness (QED) is 0.687. The highest BCUT2D eigenvalue weighted by Crippen LogP contribution is 2.19. The number of amides is 2. The Balaban J connectivity index is 1.70. The molecule has 27 heavy (non-hydrogen) atoms. The Labute approximate surface area is 158 Å². The number of aryl methyl sites for hydroxylation is 1. The van der Waals surface area contributed by atoms with E-state index in [2.05, 4.69) is 5.32 Å². The molecule has 0 saturated heterocycles. The fraction of sp³-hybridized carbons (Fsp3) is 0.286. The molecule has 0 aromatic heterocycles. The van der Waals surface area contributed by atoms with Gasteiger partial charge in [-0.3, -0.25) is 19.7 Å². The van der Waals surface area contributed by atoms with E-state index in [0.717, 1.165) is 16.9 Å². The number of para-hydroxylation sites is 1. The van der Waals surface area contributed by atoms with Crippen molar-refractivity contribution in [3.8, 4) is 5.75 Å². The van der Waals surface area contributed by atoms with E-state index >= 15 is 0 Å². The summed E-state index contributed by atoms with van der Waals surface area (Å²) in [6, 6.07) is 16.5. The van der Waals surface area contributed by atoms with E-state index in [9.17, 15) is 14.4 Å². The van der Waals surface area contributed by atoms with Gasteiger partial charge in [-0.2, -0.15) is 0 Å². The van der Waals surface area contributed by atoms with Crippen LogP contribution in [-0.2, 0) is 32.0 Å². The Morgan fingerprint density at radius 3 is 2.37 bits per heavy atom. The van der Waals surface area contributed by atoms with Crippen LogP contribution in [0.4, 0.5) is 0 Å². The van der Waals surface area contributed by atoms with E-state index in [1.807, 2.05) is 49.4 Å². The third-order valence-corrected chi connectivity index (χ3v) is 3.72. The molecule has 142 valence electrons. The van der Waals surface area contributed by atoms with Crippen LogP contribution in [0, 0.1) is 0 Å². The van der Waals surface area contributed by atoms with Crippen LogP contribution in [0.25, 0.3) is 0 Å². The maximum absolute atomic E-state index is 11.8. The summed E-state index contributed by atoms with van der Waals surface area (Å²) in [5, 5.41) is 2.21. The van der Waals surface area contributed by atoms with E-state index in [-0.39, 0.29) is 12.8 Å². The SMILES string of the molecule is CCOc1ccccc1CCC(=O)OCC(=O)NC(=O)Cc1ccccc1. The van der Waals surface area contributed by atoms with Crippen molar-refractivity contribution in [3.63, 3.8) is 0 Å². The number of nitrogens with one attached hydrogen (secondary N) is 1. The number of imide groups is 1. The zero-order valence-electron chi connectivity index (χ0n) is 15.3. The lowest BCUT2D eigenvalue weighted by Crippen LogP contribution is -2.35. The van der Waals surface area contributed by atoms with E-state index in [1.165, 1.54) is 0 Å². The fourth-order valence-electron chi connectivity index (χ4n) is 2.48. The molecule has 0 aliphatic rings. The van der Waals surface area contributed by atoms with Crippen LogP contribution in [0.2, 0.25) is 0 Å². The van der Waals surface area contributed by atoms with Gasteiger partial charge < -0.3 is 9.47 Å². The van der Waals surface area contributed by atoms with Crippen LogP contribution in [0.5, 0.6) is 5.75 Å². The second-order valence-corrected chi connectivity index (χ2v) is 5.84. The molecule has 0 aliphatic carbocycles. The lowest BCUT2D eigenvalue weighted by molar-refractivity contribution is -0.149. The maximum Gasteiger partial charge on any atom is 0.306 e. The first-order valence-corrected chi connectivity index (χ1v) is 8.81. The van der Waals surface area contributed by atoms with Gasteiger partial charge in [-0.05, 0) is 30.5 Å². The number of hydrogen-bond donors (Lipinski definition) is 1. The Bertz CT molecular complexity index is 773. The molecule has 0 fully saturated rings. The van der Waals surface area contributed by atoms with Gasteiger partial charge in [0.2, 0.25) is 5.91 Å². The third-order valence-electron chi connectivity index (χ3n) is 3.72. The number of carbonyl (C=O) groups is 3. The van der Waals surface area contributed by atoms with Crippen molar-refractivity contribution in [2.24, 2.45) is 0 Å². The number of ether oxygens (including phenoxy) is 2. The van der Waals surface area contributed by atoms with Crippen molar-refractivity contribution in [1.82, 2.24) is 5.32 Å². The van der Waals surface area contributed by atoms with Crippen molar-refractivity contribution in [3.05, 3.63) is 65.7 Å². The van der Waals surface area contributed by atoms with Crippen LogP contribution < -0.4 is 10.1 Å². The van der Waals surface area contributed by atoms with E-state index in [1.54, 1.807) is 12.1 Å². The number of hydrogen-bond acceptors (Lipinski definition) is 5. The van der Waals surface area contributed by atoms with Crippen LogP contribution >= 0.6 is 0 Å². The maximum atomic E-state index is 11.8. The summed E-state index contributed by atoms with van der Waals surface area (Å²) in [6.45, 7) is 1.95. The summed E-state index contributed by atoms with van der Waals surface area (Å²) in [5.74, 6) is -0.851. The normalized spacial score (nSPS) is 10.1. The minimum Gasteiger partial charge on any atom is -0.494 e. The zero-order valence-corrected chi connectivity index (χ0v) is 15.3. The van der Waals surface area contributed by atoms with Gasteiger partial charge in [0.25, 0.3) is 5.91 Å². The van der Waals surface area contributed by atoms with Gasteiger partial charge in [0.05, 0.1) is 13.0 Å². The van der Waals surface area contributed by atoms with Crippen LogP contribution in [-0.4, -0.2) is 31.0 Å². The molecule has 0 atom stereocenters. The predicted molar refractivity (Wildman–Crippen MR) is 100 cm³/mol. The van der Waals surface area contributed by atoms with E-state index in [4.69, 9.17) is 9.47 Å². The monoisotopic (exact) mass is 369 g/mol. The van der Waals surface area contributed by atoms with Crippen LogP contribution in [0.15, 0.2) is 54.6 Å². The lowest BCUT2D eigenvalue weighted by Gasteiger charge is -2.10. The first-order chi connectivity index (χ1) is 13.1. The highest BCUT2D eigenvalue weighted by molar-refractivity contribution is 5.97.